The minimum Gasteiger partial charge on any atom is -0.445 e. The van der Waals surface area contributed by atoms with E-state index in [0.717, 1.165) is 11.1 Å². The number of aromatic amines is 1. The van der Waals surface area contributed by atoms with E-state index in [-0.39, 0.29) is 13.0 Å². The summed E-state index contributed by atoms with van der Waals surface area (Å²) in [5, 5.41) is 6.62. The maximum Gasteiger partial charge on any atom is 0.408 e. The fourth-order valence-electron chi connectivity index (χ4n) is 2.95. The first kappa shape index (κ1) is 22.7. The Kier molecular flexibility index (Phi) is 8.14. The third-order valence-electron chi connectivity index (χ3n) is 4.79. The first-order chi connectivity index (χ1) is 15.5. The number of imidazole rings is 1. The van der Waals surface area contributed by atoms with E-state index in [4.69, 9.17) is 4.74 Å². The molecular weight excluding hydrogens is 406 g/mol. The number of alkyl carbamates (subject to hydrolysis) is 1. The number of benzene rings is 2. The molecule has 2 aromatic carbocycles. The molecule has 0 radical (unpaired) electrons. The molecule has 166 valence electrons. The van der Waals surface area contributed by atoms with Crippen LogP contribution in [0.25, 0.3) is 0 Å². The van der Waals surface area contributed by atoms with Gasteiger partial charge >= 0.3 is 6.09 Å². The highest BCUT2D eigenvalue weighted by atomic mass is 16.5. The molecule has 1 aromatic heterocycles. The Morgan fingerprint density at radius 3 is 2.53 bits per heavy atom. The van der Waals surface area contributed by atoms with Gasteiger partial charge in [0.25, 0.3) is 5.91 Å². The Morgan fingerprint density at radius 1 is 1.12 bits per heavy atom. The lowest BCUT2D eigenvalue weighted by Crippen LogP contribution is -2.47. The summed E-state index contributed by atoms with van der Waals surface area (Å²) in [4.78, 5) is 31.8. The average molecular weight is 434 g/mol. The number of H-pyrrole nitrogens is 1. The second-order valence-electron chi connectivity index (χ2n) is 7.60. The van der Waals surface area contributed by atoms with Gasteiger partial charge in [0.05, 0.1) is 12.5 Å². The lowest BCUT2D eigenvalue weighted by atomic mass is 10.0. The standard InChI is InChI=1S/C24H27N5O3/c1-17(2)20-10-8-18(9-11-20)13-27-29-23(30)22(12-21-14-25-16-26-21)28-24(31)32-15-19-6-4-3-5-7-19/h3-11,13-14,16-17,22H,12,15H2,1-2H3,(H,25,26)(H,28,31)(H,29,30)/b27-13-/t22-/m0/s1. The van der Waals surface area contributed by atoms with Crippen LogP contribution in [0.15, 0.2) is 72.2 Å². The van der Waals surface area contributed by atoms with Gasteiger partial charge in [-0.15, -0.1) is 0 Å². The molecule has 8 nitrogen and oxygen atoms in total. The third-order valence-corrected chi connectivity index (χ3v) is 4.79. The third kappa shape index (κ3) is 7.09. The quantitative estimate of drug-likeness (QED) is 0.354. The van der Waals surface area contributed by atoms with Crippen molar-refractivity contribution < 1.29 is 14.3 Å². The predicted octanol–water partition coefficient (Wildman–Crippen LogP) is 3.52. The second kappa shape index (κ2) is 11.5. The second-order valence-corrected chi connectivity index (χ2v) is 7.60. The first-order valence-electron chi connectivity index (χ1n) is 10.4. The van der Waals surface area contributed by atoms with E-state index in [1.807, 2.05) is 54.6 Å². The molecule has 0 spiro atoms. The molecule has 32 heavy (non-hydrogen) atoms. The van der Waals surface area contributed by atoms with Crippen LogP contribution >= 0.6 is 0 Å². The van der Waals surface area contributed by atoms with Gasteiger partial charge < -0.3 is 15.0 Å². The van der Waals surface area contributed by atoms with Crippen molar-refractivity contribution in [2.75, 3.05) is 0 Å². The summed E-state index contributed by atoms with van der Waals surface area (Å²) < 4.78 is 5.24. The highest BCUT2D eigenvalue weighted by molar-refractivity contribution is 5.87. The summed E-state index contributed by atoms with van der Waals surface area (Å²) in [5.41, 5.74) is 6.12. The molecule has 0 aliphatic carbocycles. The molecule has 0 bridgehead atoms. The maximum absolute atomic E-state index is 12.7. The smallest absolute Gasteiger partial charge is 0.408 e. The fourth-order valence-corrected chi connectivity index (χ4v) is 2.95. The van der Waals surface area contributed by atoms with E-state index in [1.165, 1.54) is 11.9 Å². The SMILES string of the molecule is CC(C)c1ccc(/C=N\NC(=O)[C@H](Cc2cnc[nH]2)NC(=O)OCc2ccccc2)cc1. The van der Waals surface area contributed by atoms with E-state index in [0.29, 0.717) is 11.6 Å². The van der Waals surface area contributed by atoms with Crippen molar-refractivity contribution in [1.82, 2.24) is 20.7 Å². The molecule has 3 aromatic rings. The first-order valence-corrected chi connectivity index (χ1v) is 10.4. The van der Waals surface area contributed by atoms with Crippen molar-refractivity contribution in [3.05, 3.63) is 89.5 Å². The fraction of sp³-hybridized carbons (Fsp3) is 0.250. The van der Waals surface area contributed by atoms with Crippen molar-refractivity contribution in [3.8, 4) is 0 Å². The highest BCUT2D eigenvalue weighted by Gasteiger charge is 2.22. The van der Waals surface area contributed by atoms with Gasteiger partial charge in [0.1, 0.15) is 12.6 Å². The summed E-state index contributed by atoms with van der Waals surface area (Å²) >= 11 is 0. The van der Waals surface area contributed by atoms with Crippen LogP contribution in [0.5, 0.6) is 0 Å². The molecule has 1 heterocycles. The summed E-state index contributed by atoms with van der Waals surface area (Å²) in [5.74, 6) is -0.0250. The van der Waals surface area contributed by atoms with Crippen LogP contribution in [0, 0.1) is 0 Å². The maximum atomic E-state index is 12.7. The number of nitrogens with zero attached hydrogens (tertiary/aromatic N) is 2. The number of rotatable bonds is 9. The van der Waals surface area contributed by atoms with Crippen LogP contribution in [-0.2, 0) is 22.6 Å². The van der Waals surface area contributed by atoms with E-state index < -0.39 is 18.0 Å². The van der Waals surface area contributed by atoms with Crippen LogP contribution in [0.3, 0.4) is 0 Å². The number of carbonyl (C=O) groups excluding carboxylic acids is 2. The Balaban J connectivity index is 1.58. The van der Waals surface area contributed by atoms with Crippen molar-refractivity contribution in [3.63, 3.8) is 0 Å². The minimum absolute atomic E-state index is 0.107. The van der Waals surface area contributed by atoms with Crippen LogP contribution in [0.4, 0.5) is 4.79 Å². The number of amides is 2. The Hall–Kier alpha value is -3.94. The van der Waals surface area contributed by atoms with Crippen LogP contribution < -0.4 is 10.7 Å². The number of aromatic nitrogens is 2. The normalized spacial score (nSPS) is 12.0. The van der Waals surface area contributed by atoms with Gasteiger partial charge in [0, 0.05) is 18.3 Å². The average Bonchev–Trinajstić information content (AvgIpc) is 3.31. The lowest BCUT2D eigenvalue weighted by Gasteiger charge is -2.16. The summed E-state index contributed by atoms with van der Waals surface area (Å²) in [7, 11) is 0. The molecule has 0 saturated carbocycles. The molecule has 0 fully saturated rings. The van der Waals surface area contributed by atoms with Gasteiger partial charge in [0.15, 0.2) is 0 Å². The number of hydrogen-bond donors (Lipinski definition) is 3. The Labute approximate surface area is 187 Å². The zero-order chi connectivity index (χ0) is 22.8. The molecule has 1 atom stereocenters. The van der Waals surface area contributed by atoms with Crippen molar-refractivity contribution in [1.29, 1.82) is 0 Å². The number of ether oxygens (including phenoxy) is 1. The molecule has 0 aliphatic rings. The zero-order valence-corrected chi connectivity index (χ0v) is 18.1. The van der Waals surface area contributed by atoms with Crippen molar-refractivity contribution >= 4 is 18.2 Å². The van der Waals surface area contributed by atoms with Gasteiger partial charge in [-0.2, -0.15) is 5.10 Å². The highest BCUT2D eigenvalue weighted by Crippen LogP contribution is 2.13. The monoisotopic (exact) mass is 433 g/mol. The molecule has 0 saturated heterocycles. The van der Waals surface area contributed by atoms with Gasteiger partial charge in [-0.25, -0.2) is 15.2 Å². The summed E-state index contributed by atoms with van der Waals surface area (Å²) in [6, 6.07) is 16.3. The van der Waals surface area contributed by atoms with Crippen molar-refractivity contribution in [2.45, 2.75) is 38.8 Å². The minimum atomic E-state index is -0.890. The molecule has 3 N–H and O–H groups in total. The number of hydrazone groups is 1. The van der Waals surface area contributed by atoms with Gasteiger partial charge in [-0.1, -0.05) is 68.4 Å². The van der Waals surface area contributed by atoms with E-state index in [1.54, 1.807) is 12.4 Å². The molecule has 2 amide bonds. The molecule has 0 unspecified atom stereocenters. The van der Waals surface area contributed by atoms with E-state index >= 15 is 0 Å². The summed E-state index contributed by atoms with van der Waals surface area (Å²) in [6.07, 6.45) is 4.18. The Bertz CT molecular complexity index is 1020. The van der Waals surface area contributed by atoms with Gasteiger partial charge in [0.2, 0.25) is 0 Å². The predicted molar refractivity (Wildman–Crippen MR) is 122 cm³/mol. The molecule has 8 heteroatoms. The van der Waals surface area contributed by atoms with Crippen LogP contribution in [-0.4, -0.2) is 34.2 Å². The number of hydrogen-bond acceptors (Lipinski definition) is 5. The van der Waals surface area contributed by atoms with E-state index in [9.17, 15) is 9.59 Å². The lowest BCUT2D eigenvalue weighted by molar-refractivity contribution is -0.123. The van der Waals surface area contributed by atoms with E-state index in [2.05, 4.69) is 39.7 Å². The number of nitrogens with one attached hydrogen (secondary N) is 3. The van der Waals surface area contributed by atoms with Crippen molar-refractivity contribution in [2.24, 2.45) is 5.10 Å². The largest absolute Gasteiger partial charge is 0.445 e. The van der Waals surface area contributed by atoms with Gasteiger partial charge in [-0.3, -0.25) is 4.79 Å². The number of carbonyl (C=O) groups is 2. The van der Waals surface area contributed by atoms with Crippen LogP contribution in [0.1, 0.15) is 42.1 Å². The summed E-state index contributed by atoms with van der Waals surface area (Å²) in [6.45, 7) is 4.36. The zero-order valence-electron chi connectivity index (χ0n) is 18.1. The molecule has 0 aliphatic heterocycles. The molecule has 3 rings (SSSR count). The Morgan fingerprint density at radius 2 is 1.88 bits per heavy atom. The van der Waals surface area contributed by atoms with Gasteiger partial charge in [-0.05, 0) is 22.6 Å². The van der Waals surface area contributed by atoms with Crippen LogP contribution in [0.2, 0.25) is 0 Å². The molecular formula is C24H27N5O3. The topological polar surface area (TPSA) is 108 Å².